The molecule has 0 saturated heterocycles. The Bertz CT molecular complexity index is 1610. The SMILES string of the molecule is CCCOc1c2cccc1Cc1cccc3c1OC(=O)C3c1cccc(c1OCCC)C1C(=O)Oc3c(cccc31)C2. The lowest BCUT2D eigenvalue weighted by atomic mass is 9.84. The molecule has 7 rings (SSSR count). The van der Waals surface area contributed by atoms with Gasteiger partial charge in [0.05, 0.1) is 13.2 Å². The lowest BCUT2D eigenvalue weighted by Crippen LogP contribution is -2.17. The van der Waals surface area contributed by atoms with Crippen molar-refractivity contribution in [3.63, 3.8) is 0 Å². The van der Waals surface area contributed by atoms with Gasteiger partial charge in [-0.3, -0.25) is 9.59 Å². The standard InChI is InChI=1S/C36H32O6/c1-3-17-39-31-21-9-5-10-22(31)20-24-12-7-14-26-30(36(38)42-33(24)26)28-16-8-15-27(34(28)40-18-4-2)29-25-13-6-11-23(19-21)32(25)41-35(29)37/h5-16,29-30H,3-4,17-20H2,1-2H3. The predicted molar refractivity (Wildman–Crippen MR) is 158 cm³/mol. The molecular weight excluding hydrogens is 528 g/mol. The van der Waals surface area contributed by atoms with Gasteiger partial charge in [-0.1, -0.05) is 86.6 Å². The second-order valence-electron chi connectivity index (χ2n) is 11.1. The number of esters is 2. The van der Waals surface area contributed by atoms with Crippen molar-refractivity contribution in [1.82, 2.24) is 0 Å². The van der Waals surface area contributed by atoms with E-state index < -0.39 is 11.8 Å². The molecule has 2 aliphatic heterocycles. The van der Waals surface area contributed by atoms with E-state index in [1.807, 2.05) is 67.6 Å². The number of benzene rings is 4. The third-order valence-corrected chi connectivity index (χ3v) is 8.29. The van der Waals surface area contributed by atoms with Crippen LogP contribution in [0.4, 0.5) is 0 Å². The van der Waals surface area contributed by atoms with Crippen LogP contribution in [-0.4, -0.2) is 25.2 Å². The molecule has 0 aromatic heterocycles. The summed E-state index contributed by atoms with van der Waals surface area (Å²) in [6, 6.07) is 23.7. The molecule has 2 unspecified atom stereocenters. The Morgan fingerprint density at radius 3 is 1.48 bits per heavy atom. The van der Waals surface area contributed by atoms with E-state index in [2.05, 4.69) is 19.1 Å². The molecule has 2 heterocycles. The van der Waals surface area contributed by atoms with E-state index in [-0.39, 0.29) is 11.9 Å². The van der Waals surface area contributed by atoms with Gasteiger partial charge >= 0.3 is 11.9 Å². The van der Waals surface area contributed by atoms with E-state index in [9.17, 15) is 9.59 Å². The number of para-hydroxylation sites is 4. The minimum atomic E-state index is -0.676. The number of carbonyl (C=O) groups is 2. The first kappa shape index (κ1) is 26.3. The molecule has 0 saturated carbocycles. The smallest absolute Gasteiger partial charge is 0.323 e. The van der Waals surface area contributed by atoms with E-state index in [0.717, 1.165) is 52.0 Å². The quantitative estimate of drug-likeness (QED) is 0.190. The molecule has 212 valence electrons. The maximum Gasteiger partial charge on any atom is 0.323 e. The molecule has 6 nitrogen and oxygen atoms in total. The maximum atomic E-state index is 13.6. The minimum Gasteiger partial charge on any atom is -0.493 e. The highest BCUT2D eigenvalue weighted by Crippen LogP contribution is 2.50. The van der Waals surface area contributed by atoms with Gasteiger partial charge in [0.1, 0.15) is 34.8 Å². The molecule has 0 spiro atoms. The van der Waals surface area contributed by atoms with Crippen LogP contribution >= 0.6 is 0 Å². The van der Waals surface area contributed by atoms with E-state index in [0.29, 0.717) is 54.4 Å². The highest BCUT2D eigenvalue weighted by Gasteiger charge is 2.42. The molecule has 1 aliphatic carbocycles. The van der Waals surface area contributed by atoms with E-state index in [4.69, 9.17) is 18.9 Å². The second kappa shape index (κ2) is 10.7. The summed E-state index contributed by atoms with van der Waals surface area (Å²) in [5.74, 6) is 0.490. The van der Waals surface area contributed by atoms with Gasteiger partial charge in [0, 0.05) is 35.1 Å². The number of hydrogen-bond acceptors (Lipinski definition) is 6. The van der Waals surface area contributed by atoms with Crippen LogP contribution in [0.25, 0.3) is 0 Å². The number of hydrogen-bond donors (Lipinski definition) is 0. The van der Waals surface area contributed by atoms with Crippen LogP contribution in [0.1, 0.15) is 83.0 Å². The minimum absolute atomic E-state index is 0.354. The van der Waals surface area contributed by atoms with Gasteiger partial charge in [-0.25, -0.2) is 0 Å². The van der Waals surface area contributed by atoms with Crippen molar-refractivity contribution in [3.8, 4) is 23.0 Å². The Morgan fingerprint density at radius 1 is 0.571 bits per heavy atom. The molecule has 3 aliphatic rings. The largest absolute Gasteiger partial charge is 0.493 e. The summed E-state index contributed by atoms with van der Waals surface area (Å²) < 4.78 is 24.8. The lowest BCUT2D eigenvalue weighted by Gasteiger charge is -2.21. The van der Waals surface area contributed by atoms with E-state index >= 15 is 0 Å². The zero-order valence-electron chi connectivity index (χ0n) is 23.8. The maximum absolute atomic E-state index is 13.6. The normalized spacial score (nSPS) is 18.0. The van der Waals surface area contributed by atoms with Gasteiger partial charge in [-0.05, 0) is 35.1 Å². The van der Waals surface area contributed by atoms with Gasteiger partial charge < -0.3 is 18.9 Å². The summed E-state index contributed by atoms with van der Waals surface area (Å²) in [6.45, 7) is 5.14. The second-order valence-corrected chi connectivity index (χ2v) is 11.1. The summed E-state index contributed by atoms with van der Waals surface area (Å²) in [6.07, 6.45) is 2.73. The van der Waals surface area contributed by atoms with Crippen molar-refractivity contribution in [1.29, 1.82) is 0 Å². The highest BCUT2D eigenvalue weighted by atomic mass is 16.5. The number of ether oxygens (including phenoxy) is 4. The summed E-state index contributed by atoms with van der Waals surface area (Å²) in [4.78, 5) is 27.3. The van der Waals surface area contributed by atoms with E-state index in [1.165, 1.54) is 0 Å². The first-order chi connectivity index (χ1) is 20.6. The van der Waals surface area contributed by atoms with Crippen molar-refractivity contribution in [2.24, 2.45) is 0 Å². The Labute approximate surface area is 245 Å². The first-order valence-corrected chi connectivity index (χ1v) is 14.7. The average molecular weight is 561 g/mol. The molecular formula is C36H32O6. The van der Waals surface area contributed by atoms with E-state index in [1.54, 1.807) is 0 Å². The van der Waals surface area contributed by atoms with Crippen LogP contribution in [0.5, 0.6) is 23.0 Å². The van der Waals surface area contributed by atoms with Crippen LogP contribution in [-0.2, 0) is 22.4 Å². The van der Waals surface area contributed by atoms with Crippen LogP contribution in [0, 0.1) is 0 Å². The fourth-order valence-electron chi connectivity index (χ4n) is 6.47. The number of carbonyl (C=O) groups excluding carboxylic acids is 2. The molecule has 0 radical (unpaired) electrons. The lowest BCUT2D eigenvalue weighted by molar-refractivity contribution is -0.134. The van der Waals surface area contributed by atoms with Gasteiger partial charge in [-0.15, -0.1) is 0 Å². The topological polar surface area (TPSA) is 71.1 Å². The van der Waals surface area contributed by atoms with Gasteiger partial charge in [0.15, 0.2) is 0 Å². The van der Waals surface area contributed by atoms with Crippen LogP contribution in [0.3, 0.4) is 0 Å². The molecule has 0 amide bonds. The fraction of sp³-hybridized carbons (Fsp3) is 0.278. The van der Waals surface area contributed by atoms with Crippen LogP contribution in [0.2, 0.25) is 0 Å². The van der Waals surface area contributed by atoms with Crippen molar-refractivity contribution in [2.45, 2.75) is 51.4 Å². The predicted octanol–water partition coefficient (Wildman–Crippen LogP) is 6.86. The van der Waals surface area contributed by atoms with Gasteiger partial charge in [0.2, 0.25) is 0 Å². The fourth-order valence-corrected chi connectivity index (χ4v) is 6.47. The van der Waals surface area contributed by atoms with Crippen LogP contribution in [0.15, 0.2) is 72.8 Å². The third kappa shape index (κ3) is 4.25. The van der Waals surface area contributed by atoms with Crippen molar-refractivity contribution < 1.29 is 28.5 Å². The first-order valence-electron chi connectivity index (χ1n) is 14.7. The molecule has 0 N–H and O–H groups in total. The van der Waals surface area contributed by atoms with Crippen molar-refractivity contribution in [3.05, 3.63) is 117 Å². The Morgan fingerprint density at radius 2 is 0.976 bits per heavy atom. The molecule has 2 atom stereocenters. The summed E-state index contributed by atoms with van der Waals surface area (Å²) in [7, 11) is 0. The zero-order chi connectivity index (χ0) is 28.8. The molecule has 4 aromatic carbocycles. The molecule has 42 heavy (non-hydrogen) atoms. The number of fused-ring (bicyclic) bond motifs is 6. The third-order valence-electron chi connectivity index (χ3n) is 8.29. The molecule has 4 aromatic rings. The summed E-state index contributed by atoms with van der Waals surface area (Å²) >= 11 is 0. The average Bonchev–Trinajstić information content (AvgIpc) is 3.51. The van der Waals surface area contributed by atoms with Gasteiger partial charge in [-0.2, -0.15) is 0 Å². The monoisotopic (exact) mass is 560 g/mol. The molecule has 0 fully saturated rings. The summed E-state index contributed by atoms with van der Waals surface area (Å²) in [5.41, 5.74) is 6.85. The van der Waals surface area contributed by atoms with Crippen LogP contribution < -0.4 is 18.9 Å². The Balaban J connectivity index is 1.51. The van der Waals surface area contributed by atoms with Crippen molar-refractivity contribution >= 4 is 11.9 Å². The van der Waals surface area contributed by atoms with Crippen molar-refractivity contribution in [2.75, 3.05) is 13.2 Å². The zero-order valence-corrected chi connectivity index (χ0v) is 23.8. The Kier molecular flexibility index (Phi) is 6.69. The molecule has 6 heteroatoms. The summed E-state index contributed by atoms with van der Waals surface area (Å²) in [5, 5.41) is 0. The number of rotatable bonds is 6. The highest BCUT2D eigenvalue weighted by molar-refractivity contribution is 5.93. The molecule has 12 bridgehead atoms. The Hall–Kier alpha value is -4.58. The van der Waals surface area contributed by atoms with Gasteiger partial charge in [0.25, 0.3) is 0 Å².